The van der Waals surface area contributed by atoms with Crippen LogP contribution in [0.5, 0.6) is 0 Å². The van der Waals surface area contributed by atoms with E-state index in [0.29, 0.717) is 0 Å². The topological polar surface area (TPSA) is 20.2 Å². The molecule has 0 saturated heterocycles. The van der Waals surface area contributed by atoms with Gasteiger partial charge in [0.05, 0.1) is 6.10 Å². The highest BCUT2D eigenvalue weighted by Gasteiger charge is 2.14. The van der Waals surface area contributed by atoms with E-state index < -0.39 is 0 Å². The third-order valence-corrected chi connectivity index (χ3v) is 2.99. The SMILES string of the molecule is CCC(Cc1ccc(F)cc1C)C(C)O. The number of halogens is 1. The highest BCUT2D eigenvalue weighted by Crippen LogP contribution is 2.19. The number of rotatable bonds is 4. The molecule has 2 unspecified atom stereocenters. The second-order valence-corrected chi connectivity index (χ2v) is 4.18. The molecule has 2 atom stereocenters. The fourth-order valence-electron chi connectivity index (χ4n) is 1.83. The predicted octanol–water partition coefficient (Wildman–Crippen LogP) is 3.08. The fourth-order valence-corrected chi connectivity index (χ4v) is 1.83. The van der Waals surface area contributed by atoms with E-state index in [0.717, 1.165) is 24.0 Å². The second kappa shape index (κ2) is 5.26. The third-order valence-electron chi connectivity index (χ3n) is 2.99. The summed E-state index contributed by atoms with van der Waals surface area (Å²) in [4.78, 5) is 0. The van der Waals surface area contributed by atoms with Crippen molar-refractivity contribution < 1.29 is 9.50 Å². The lowest BCUT2D eigenvalue weighted by Gasteiger charge is -2.19. The van der Waals surface area contributed by atoms with Crippen LogP contribution in [0.25, 0.3) is 0 Å². The van der Waals surface area contributed by atoms with Crippen molar-refractivity contribution in [3.63, 3.8) is 0 Å². The van der Waals surface area contributed by atoms with Crippen LogP contribution < -0.4 is 0 Å². The molecule has 0 aliphatic carbocycles. The van der Waals surface area contributed by atoms with Gasteiger partial charge < -0.3 is 5.11 Å². The van der Waals surface area contributed by atoms with Gasteiger partial charge in [-0.1, -0.05) is 19.4 Å². The molecule has 1 aromatic rings. The standard InChI is InChI=1S/C13H19FO/c1-4-11(10(3)15)8-12-5-6-13(14)7-9(12)2/h5-7,10-11,15H,4,8H2,1-3H3. The van der Waals surface area contributed by atoms with E-state index >= 15 is 0 Å². The van der Waals surface area contributed by atoms with E-state index in [9.17, 15) is 9.50 Å². The van der Waals surface area contributed by atoms with Crippen LogP contribution in [-0.4, -0.2) is 11.2 Å². The number of aryl methyl sites for hydroxylation is 1. The summed E-state index contributed by atoms with van der Waals surface area (Å²) in [6.45, 7) is 5.79. The molecule has 0 saturated carbocycles. The minimum Gasteiger partial charge on any atom is -0.393 e. The van der Waals surface area contributed by atoms with Gasteiger partial charge in [0, 0.05) is 0 Å². The highest BCUT2D eigenvalue weighted by atomic mass is 19.1. The Kier molecular flexibility index (Phi) is 4.28. The minimum absolute atomic E-state index is 0.193. The minimum atomic E-state index is -0.306. The summed E-state index contributed by atoms with van der Waals surface area (Å²) in [7, 11) is 0. The van der Waals surface area contributed by atoms with Crippen LogP contribution in [-0.2, 0) is 6.42 Å². The maximum atomic E-state index is 12.9. The van der Waals surface area contributed by atoms with Gasteiger partial charge in [-0.15, -0.1) is 0 Å². The fraction of sp³-hybridized carbons (Fsp3) is 0.538. The molecule has 0 radical (unpaired) electrons. The Hall–Kier alpha value is -0.890. The van der Waals surface area contributed by atoms with E-state index in [1.165, 1.54) is 6.07 Å². The van der Waals surface area contributed by atoms with Gasteiger partial charge in [-0.3, -0.25) is 0 Å². The van der Waals surface area contributed by atoms with Crippen LogP contribution in [0, 0.1) is 18.7 Å². The van der Waals surface area contributed by atoms with E-state index in [1.54, 1.807) is 6.07 Å². The normalized spacial score (nSPS) is 15.0. The van der Waals surface area contributed by atoms with E-state index in [1.807, 2.05) is 19.9 Å². The Balaban J connectivity index is 2.79. The lowest BCUT2D eigenvalue weighted by molar-refractivity contribution is 0.123. The molecule has 0 spiro atoms. The molecule has 0 aliphatic heterocycles. The number of benzene rings is 1. The average molecular weight is 210 g/mol. The van der Waals surface area contributed by atoms with Gasteiger partial charge in [0.25, 0.3) is 0 Å². The molecule has 0 fully saturated rings. The number of hydrogen-bond acceptors (Lipinski definition) is 1. The summed E-state index contributed by atoms with van der Waals surface area (Å²) in [5.74, 6) is 0.0653. The van der Waals surface area contributed by atoms with Crippen molar-refractivity contribution >= 4 is 0 Å². The second-order valence-electron chi connectivity index (χ2n) is 4.18. The zero-order chi connectivity index (χ0) is 11.4. The zero-order valence-corrected chi connectivity index (χ0v) is 9.63. The van der Waals surface area contributed by atoms with Crippen LogP contribution >= 0.6 is 0 Å². The van der Waals surface area contributed by atoms with E-state index in [2.05, 4.69) is 6.92 Å². The maximum Gasteiger partial charge on any atom is 0.123 e. The molecule has 0 aliphatic rings. The van der Waals surface area contributed by atoms with Crippen LogP contribution in [0.3, 0.4) is 0 Å². The number of aliphatic hydroxyl groups is 1. The largest absolute Gasteiger partial charge is 0.393 e. The van der Waals surface area contributed by atoms with Crippen molar-refractivity contribution in [2.24, 2.45) is 5.92 Å². The number of hydrogen-bond donors (Lipinski definition) is 1. The van der Waals surface area contributed by atoms with Crippen LogP contribution in [0.2, 0.25) is 0 Å². The van der Waals surface area contributed by atoms with Crippen molar-refractivity contribution in [1.29, 1.82) is 0 Å². The van der Waals surface area contributed by atoms with Gasteiger partial charge in [0.15, 0.2) is 0 Å². The quantitative estimate of drug-likeness (QED) is 0.809. The third kappa shape index (κ3) is 3.31. The zero-order valence-electron chi connectivity index (χ0n) is 9.63. The Morgan fingerprint density at radius 2 is 2.07 bits per heavy atom. The summed E-state index contributed by atoms with van der Waals surface area (Å²) in [6.07, 6.45) is 1.45. The molecule has 0 bridgehead atoms. The molecule has 1 rings (SSSR count). The van der Waals surface area contributed by atoms with Crippen molar-refractivity contribution in [1.82, 2.24) is 0 Å². The monoisotopic (exact) mass is 210 g/mol. The van der Waals surface area contributed by atoms with Crippen molar-refractivity contribution in [2.45, 2.75) is 39.7 Å². The molecule has 2 heteroatoms. The molecule has 0 aromatic heterocycles. The van der Waals surface area contributed by atoms with Crippen molar-refractivity contribution in [3.8, 4) is 0 Å². The smallest absolute Gasteiger partial charge is 0.123 e. The van der Waals surface area contributed by atoms with Gasteiger partial charge in [-0.25, -0.2) is 4.39 Å². The first-order chi connectivity index (χ1) is 7.04. The Labute approximate surface area is 90.9 Å². The first kappa shape index (κ1) is 12.2. The van der Waals surface area contributed by atoms with Crippen molar-refractivity contribution in [3.05, 3.63) is 35.1 Å². The van der Waals surface area contributed by atoms with Gasteiger partial charge >= 0.3 is 0 Å². The molecule has 0 amide bonds. The van der Waals surface area contributed by atoms with Gasteiger partial charge in [0.2, 0.25) is 0 Å². The predicted molar refractivity (Wildman–Crippen MR) is 60.3 cm³/mol. The average Bonchev–Trinajstić information content (AvgIpc) is 2.16. The lowest BCUT2D eigenvalue weighted by atomic mass is 9.90. The highest BCUT2D eigenvalue weighted by molar-refractivity contribution is 5.27. The first-order valence-electron chi connectivity index (χ1n) is 5.47. The molecule has 1 N–H and O–H groups in total. The van der Waals surface area contributed by atoms with Crippen LogP contribution in [0.1, 0.15) is 31.4 Å². The first-order valence-corrected chi connectivity index (χ1v) is 5.47. The van der Waals surface area contributed by atoms with Gasteiger partial charge in [-0.05, 0) is 49.4 Å². The van der Waals surface area contributed by atoms with Gasteiger partial charge in [0.1, 0.15) is 5.82 Å². The van der Waals surface area contributed by atoms with Crippen LogP contribution in [0.15, 0.2) is 18.2 Å². The molecular formula is C13H19FO. The Morgan fingerprint density at radius 3 is 2.53 bits per heavy atom. The summed E-state index contributed by atoms with van der Waals surface area (Å²) < 4.78 is 12.9. The molecule has 1 nitrogen and oxygen atoms in total. The van der Waals surface area contributed by atoms with Gasteiger partial charge in [-0.2, -0.15) is 0 Å². The van der Waals surface area contributed by atoms with E-state index in [-0.39, 0.29) is 17.8 Å². The molecule has 0 heterocycles. The summed E-state index contributed by atoms with van der Waals surface area (Å²) >= 11 is 0. The molecule has 15 heavy (non-hydrogen) atoms. The molecular weight excluding hydrogens is 191 g/mol. The lowest BCUT2D eigenvalue weighted by Crippen LogP contribution is -2.18. The molecule has 1 aromatic carbocycles. The molecule has 84 valence electrons. The summed E-state index contributed by atoms with van der Waals surface area (Å²) in [6, 6.07) is 4.84. The Morgan fingerprint density at radius 1 is 1.40 bits per heavy atom. The van der Waals surface area contributed by atoms with E-state index in [4.69, 9.17) is 0 Å². The number of aliphatic hydroxyl groups excluding tert-OH is 1. The Bertz CT molecular complexity index is 320. The maximum absolute atomic E-state index is 12.9. The van der Waals surface area contributed by atoms with Crippen molar-refractivity contribution in [2.75, 3.05) is 0 Å². The summed E-state index contributed by atoms with van der Waals surface area (Å²) in [5.41, 5.74) is 2.10. The van der Waals surface area contributed by atoms with Crippen LogP contribution in [0.4, 0.5) is 4.39 Å². The summed E-state index contributed by atoms with van der Waals surface area (Å²) in [5, 5.41) is 9.54.